The summed E-state index contributed by atoms with van der Waals surface area (Å²) < 4.78 is 26.1. The second-order valence-electron chi connectivity index (χ2n) is 3.39. The van der Waals surface area contributed by atoms with E-state index in [1.807, 2.05) is 13.0 Å². The van der Waals surface area contributed by atoms with Crippen molar-refractivity contribution in [1.82, 2.24) is 4.72 Å². The lowest BCUT2D eigenvalue weighted by molar-refractivity contribution is 0.582. The van der Waals surface area contributed by atoms with Gasteiger partial charge in [0, 0.05) is 13.0 Å². The van der Waals surface area contributed by atoms with E-state index in [1.165, 1.54) is 0 Å². The van der Waals surface area contributed by atoms with Crippen molar-refractivity contribution in [1.29, 1.82) is 0 Å². The molecular weight excluding hydrogens is 222 g/mol. The van der Waals surface area contributed by atoms with Crippen molar-refractivity contribution in [3.8, 4) is 11.8 Å². The summed E-state index contributed by atoms with van der Waals surface area (Å²) in [6.45, 7) is 3.94. The highest BCUT2D eigenvalue weighted by Crippen LogP contribution is 2.10. The van der Waals surface area contributed by atoms with Gasteiger partial charge in [0.15, 0.2) is 0 Å². The lowest BCUT2D eigenvalue weighted by Crippen LogP contribution is -2.24. The average molecular weight is 237 g/mol. The third kappa shape index (κ3) is 3.69. The molecule has 0 unspecified atom stereocenters. The van der Waals surface area contributed by atoms with Gasteiger partial charge in [-0.1, -0.05) is 12.1 Å². The van der Waals surface area contributed by atoms with Gasteiger partial charge in [-0.05, 0) is 31.5 Å². The summed E-state index contributed by atoms with van der Waals surface area (Å²) in [4.78, 5) is 0.303. The highest BCUT2D eigenvalue weighted by molar-refractivity contribution is 7.89. The average Bonchev–Trinajstić information content (AvgIpc) is 2.24. The van der Waals surface area contributed by atoms with E-state index >= 15 is 0 Å². The van der Waals surface area contributed by atoms with E-state index in [2.05, 4.69) is 16.6 Å². The lowest BCUT2D eigenvalue weighted by Gasteiger charge is -2.05. The van der Waals surface area contributed by atoms with E-state index < -0.39 is 10.0 Å². The Bertz CT molecular complexity index is 509. The number of hydrogen-bond donors (Lipinski definition) is 1. The molecule has 0 bridgehead atoms. The number of rotatable bonds is 4. The minimum atomic E-state index is -3.38. The molecule has 0 heterocycles. The van der Waals surface area contributed by atoms with Crippen LogP contribution in [0.3, 0.4) is 0 Å². The third-order valence-corrected chi connectivity index (χ3v) is 3.48. The topological polar surface area (TPSA) is 46.2 Å². The Labute approximate surface area is 96.9 Å². The molecule has 0 aliphatic carbocycles. The van der Waals surface area contributed by atoms with Crippen molar-refractivity contribution >= 4 is 10.0 Å². The van der Waals surface area contributed by atoms with E-state index in [1.54, 1.807) is 25.1 Å². The van der Waals surface area contributed by atoms with Crippen molar-refractivity contribution in [2.75, 3.05) is 6.54 Å². The Morgan fingerprint density at radius 3 is 2.75 bits per heavy atom. The van der Waals surface area contributed by atoms with Gasteiger partial charge in [-0.2, -0.15) is 0 Å². The monoisotopic (exact) mass is 237 g/mol. The lowest BCUT2D eigenvalue weighted by atomic mass is 10.2. The summed E-state index contributed by atoms with van der Waals surface area (Å²) in [6, 6.07) is 6.83. The number of benzene rings is 1. The minimum absolute atomic E-state index is 0.303. The maximum absolute atomic E-state index is 11.8. The van der Waals surface area contributed by atoms with Crippen LogP contribution in [0.25, 0.3) is 0 Å². The maximum Gasteiger partial charge on any atom is 0.240 e. The first-order valence-electron chi connectivity index (χ1n) is 5.02. The zero-order chi connectivity index (χ0) is 12.0. The number of aryl methyl sites for hydroxylation is 1. The van der Waals surface area contributed by atoms with Crippen molar-refractivity contribution in [2.45, 2.75) is 25.2 Å². The third-order valence-electron chi connectivity index (χ3n) is 2.02. The summed E-state index contributed by atoms with van der Waals surface area (Å²) >= 11 is 0. The van der Waals surface area contributed by atoms with Crippen LogP contribution in [-0.2, 0) is 10.0 Å². The molecule has 0 radical (unpaired) electrons. The number of hydrogen-bond acceptors (Lipinski definition) is 2. The van der Waals surface area contributed by atoms with Crippen molar-refractivity contribution in [2.24, 2.45) is 0 Å². The fourth-order valence-electron chi connectivity index (χ4n) is 1.24. The van der Waals surface area contributed by atoms with Gasteiger partial charge in [-0.25, -0.2) is 13.1 Å². The van der Waals surface area contributed by atoms with Crippen LogP contribution in [0.5, 0.6) is 0 Å². The fraction of sp³-hybridized carbons (Fsp3) is 0.333. The van der Waals surface area contributed by atoms with E-state index in [0.29, 0.717) is 17.9 Å². The number of sulfonamides is 1. The molecule has 0 amide bonds. The Hall–Kier alpha value is -1.31. The molecule has 86 valence electrons. The Morgan fingerprint density at radius 2 is 2.12 bits per heavy atom. The highest BCUT2D eigenvalue weighted by Gasteiger charge is 2.12. The highest BCUT2D eigenvalue weighted by atomic mass is 32.2. The van der Waals surface area contributed by atoms with Crippen molar-refractivity contribution in [3.63, 3.8) is 0 Å². The largest absolute Gasteiger partial charge is 0.240 e. The molecule has 1 aromatic rings. The molecule has 0 fully saturated rings. The normalized spacial score (nSPS) is 10.6. The Kier molecular flexibility index (Phi) is 4.53. The molecule has 0 atom stereocenters. The summed E-state index contributed by atoms with van der Waals surface area (Å²) in [6.07, 6.45) is 0.529. The molecule has 0 aliphatic heterocycles. The van der Waals surface area contributed by atoms with Gasteiger partial charge >= 0.3 is 0 Å². The predicted octanol–water partition coefficient (Wildman–Crippen LogP) is 1.69. The van der Waals surface area contributed by atoms with E-state index in [4.69, 9.17) is 0 Å². The van der Waals surface area contributed by atoms with Gasteiger partial charge in [0.05, 0.1) is 4.90 Å². The molecule has 0 saturated carbocycles. The first kappa shape index (κ1) is 12.8. The first-order chi connectivity index (χ1) is 7.56. The molecule has 0 aromatic heterocycles. The van der Waals surface area contributed by atoms with Crippen LogP contribution < -0.4 is 4.72 Å². The van der Waals surface area contributed by atoms with Crippen LogP contribution in [0.1, 0.15) is 18.9 Å². The van der Waals surface area contributed by atoms with Crippen LogP contribution >= 0.6 is 0 Å². The Balaban J connectivity index is 2.73. The maximum atomic E-state index is 11.8. The molecule has 16 heavy (non-hydrogen) atoms. The van der Waals surface area contributed by atoms with Gasteiger partial charge in [0.1, 0.15) is 0 Å². The fourth-order valence-corrected chi connectivity index (χ4v) is 2.37. The number of nitrogens with one attached hydrogen (secondary N) is 1. The summed E-state index contributed by atoms with van der Waals surface area (Å²) in [5.41, 5.74) is 0.927. The van der Waals surface area contributed by atoms with Crippen molar-refractivity contribution < 1.29 is 8.42 Å². The van der Waals surface area contributed by atoms with Gasteiger partial charge in [0.25, 0.3) is 0 Å². The van der Waals surface area contributed by atoms with Gasteiger partial charge in [-0.3, -0.25) is 0 Å². The molecule has 1 N–H and O–H groups in total. The standard InChI is InChI=1S/C12H15NO2S/c1-3-4-5-9-13-16(14,15)12-8-6-7-11(2)10-12/h6-8,10,13H,5,9H2,1-2H3. The van der Waals surface area contributed by atoms with Crippen LogP contribution in [-0.4, -0.2) is 15.0 Å². The summed E-state index contributed by atoms with van der Waals surface area (Å²) in [5.74, 6) is 5.52. The Morgan fingerprint density at radius 1 is 1.38 bits per heavy atom. The summed E-state index contributed by atoms with van der Waals surface area (Å²) in [5, 5.41) is 0. The molecule has 1 rings (SSSR count). The second kappa shape index (κ2) is 5.69. The van der Waals surface area contributed by atoms with Crippen LogP contribution in [0, 0.1) is 18.8 Å². The van der Waals surface area contributed by atoms with E-state index in [9.17, 15) is 8.42 Å². The second-order valence-corrected chi connectivity index (χ2v) is 5.16. The van der Waals surface area contributed by atoms with Crippen LogP contribution in [0.15, 0.2) is 29.2 Å². The van der Waals surface area contributed by atoms with Gasteiger partial charge in [0.2, 0.25) is 10.0 Å². The molecule has 1 aromatic carbocycles. The van der Waals surface area contributed by atoms with E-state index in [0.717, 1.165) is 5.56 Å². The molecule has 0 saturated heterocycles. The van der Waals surface area contributed by atoms with Gasteiger partial charge < -0.3 is 0 Å². The molecule has 0 aliphatic rings. The molecule has 3 nitrogen and oxygen atoms in total. The molecule has 4 heteroatoms. The summed E-state index contributed by atoms with van der Waals surface area (Å²) in [7, 11) is -3.38. The zero-order valence-electron chi connectivity index (χ0n) is 9.45. The molecule has 0 spiro atoms. The van der Waals surface area contributed by atoms with Crippen LogP contribution in [0.2, 0.25) is 0 Å². The molecular formula is C12H15NO2S. The van der Waals surface area contributed by atoms with Crippen molar-refractivity contribution in [3.05, 3.63) is 29.8 Å². The quantitative estimate of drug-likeness (QED) is 0.640. The predicted molar refractivity (Wildman–Crippen MR) is 64.4 cm³/mol. The SMILES string of the molecule is CC#CCCNS(=O)(=O)c1cccc(C)c1. The van der Waals surface area contributed by atoms with Crippen LogP contribution in [0.4, 0.5) is 0 Å². The zero-order valence-corrected chi connectivity index (χ0v) is 10.3. The van der Waals surface area contributed by atoms with Gasteiger partial charge in [-0.15, -0.1) is 11.8 Å². The minimum Gasteiger partial charge on any atom is -0.210 e. The first-order valence-corrected chi connectivity index (χ1v) is 6.50. The smallest absolute Gasteiger partial charge is 0.210 e. The van der Waals surface area contributed by atoms with E-state index in [-0.39, 0.29) is 0 Å².